The van der Waals surface area contributed by atoms with E-state index in [1.807, 2.05) is 0 Å². The van der Waals surface area contributed by atoms with E-state index in [0.717, 1.165) is 11.8 Å². The molecule has 0 saturated carbocycles. The molecule has 1 aromatic heterocycles. The number of H-pyrrole nitrogens is 1. The summed E-state index contributed by atoms with van der Waals surface area (Å²) in [6.07, 6.45) is 4.17. The Bertz CT molecular complexity index is 348. The van der Waals surface area contributed by atoms with Crippen LogP contribution in [0.4, 0.5) is 0 Å². The molecule has 1 rings (SSSR count). The molecule has 0 bridgehead atoms. The van der Waals surface area contributed by atoms with Crippen molar-refractivity contribution < 1.29 is 19.8 Å². The van der Waals surface area contributed by atoms with Crippen LogP contribution in [0, 0.1) is 0 Å². The van der Waals surface area contributed by atoms with Crippen LogP contribution in [0.2, 0.25) is 0 Å². The fraction of sp³-hybridized carbons (Fsp3) is 0.222. The highest BCUT2D eigenvalue weighted by Gasteiger charge is 2.11. The normalized spacial score (nSPS) is 10.8. The molecule has 0 amide bonds. The summed E-state index contributed by atoms with van der Waals surface area (Å²) in [5.41, 5.74) is 6.00. The van der Waals surface area contributed by atoms with Crippen LogP contribution in [0.5, 0.6) is 0 Å². The molecule has 7 heteroatoms. The number of carboxylic acid groups (broad SMARTS) is 2. The number of carbonyl (C=O) groups is 2. The number of hydrogen-bond acceptors (Lipinski definition) is 4. The molecule has 7 nitrogen and oxygen atoms in total. The number of nitrogens with one attached hydrogen (secondary N) is 1. The topological polar surface area (TPSA) is 129 Å². The lowest BCUT2D eigenvalue weighted by atomic mass is 10.2. The number of rotatable bonds is 4. The molecular formula is C9H13N3O4. The summed E-state index contributed by atoms with van der Waals surface area (Å²) in [6.45, 7) is 2.96. The number of nitrogens with two attached hydrogens (primary N) is 1. The maximum absolute atomic E-state index is 10.3. The van der Waals surface area contributed by atoms with Crippen LogP contribution in [0.1, 0.15) is 5.69 Å². The predicted molar refractivity (Wildman–Crippen MR) is 55.7 cm³/mol. The average molecular weight is 227 g/mol. The fourth-order valence-electron chi connectivity index (χ4n) is 0.721. The van der Waals surface area contributed by atoms with E-state index in [4.69, 9.17) is 15.9 Å². The molecule has 0 aromatic carbocycles. The molecule has 1 unspecified atom stereocenters. The molecule has 0 spiro atoms. The van der Waals surface area contributed by atoms with Crippen LogP contribution in [-0.2, 0) is 16.0 Å². The zero-order valence-electron chi connectivity index (χ0n) is 8.46. The molecule has 0 saturated heterocycles. The Morgan fingerprint density at radius 3 is 2.50 bits per heavy atom. The van der Waals surface area contributed by atoms with Gasteiger partial charge in [0.15, 0.2) is 0 Å². The Hall–Kier alpha value is -2.15. The van der Waals surface area contributed by atoms with Gasteiger partial charge < -0.3 is 20.9 Å². The van der Waals surface area contributed by atoms with Gasteiger partial charge in [-0.2, -0.15) is 0 Å². The zero-order valence-corrected chi connectivity index (χ0v) is 8.46. The van der Waals surface area contributed by atoms with Gasteiger partial charge in [-0.1, -0.05) is 6.58 Å². The number of nitrogens with zero attached hydrogens (tertiary/aromatic N) is 1. The van der Waals surface area contributed by atoms with E-state index in [1.165, 1.54) is 6.33 Å². The third-order valence-corrected chi connectivity index (χ3v) is 1.49. The second-order valence-corrected chi connectivity index (χ2v) is 2.77. The lowest BCUT2D eigenvalue weighted by Crippen LogP contribution is -2.32. The number of hydrogen-bond donors (Lipinski definition) is 4. The number of carboxylic acids is 2. The standard InChI is InChI=1S/C6H9N3O2.C3H4O2/c7-5(6(10)11)1-4-2-8-3-9-4;1-2-3(4)5/h2-3,5H,1,7H2,(H,8,9)(H,10,11);2H,1H2,(H,4,5). The number of imidazole rings is 1. The summed E-state index contributed by atoms with van der Waals surface area (Å²) in [4.78, 5) is 26.0. The van der Waals surface area contributed by atoms with Gasteiger partial charge in [-0.05, 0) is 0 Å². The third-order valence-electron chi connectivity index (χ3n) is 1.49. The average Bonchev–Trinajstić information content (AvgIpc) is 2.71. The molecule has 0 aliphatic heterocycles. The largest absolute Gasteiger partial charge is 0.480 e. The van der Waals surface area contributed by atoms with Gasteiger partial charge in [0.05, 0.1) is 6.33 Å². The van der Waals surface area contributed by atoms with E-state index in [2.05, 4.69) is 16.5 Å². The first kappa shape index (κ1) is 13.8. The van der Waals surface area contributed by atoms with Crippen LogP contribution in [-0.4, -0.2) is 38.2 Å². The van der Waals surface area contributed by atoms with Crippen molar-refractivity contribution in [3.63, 3.8) is 0 Å². The predicted octanol–water partition coefficient (Wildman–Crippen LogP) is -0.379. The van der Waals surface area contributed by atoms with Gasteiger partial charge in [0, 0.05) is 24.4 Å². The minimum atomic E-state index is -1.00. The van der Waals surface area contributed by atoms with Gasteiger partial charge in [-0.3, -0.25) is 4.79 Å². The molecule has 0 aliphatic carbocycles. The second kappa shape index (κ2) is 7.18. The maximum atomic E-state index is 10.3. The van der Waals surface area contributed by atoms with Gasteiger partial charge in [0.1, 0.15) is 6.04 Å². The SMILES string of the molecule is C=CC(=O)O.NC(Cc1cnc[nH]1)C(=O)O. The fourth-order valence-corrected chi connectivity index (χ4v) is 0.721. The van der Waals surface area contributed by atoms with E-state index < -0.39 is 18.0 Å². The zero-order chi connectivity index (χ0) is 12.6. The molecule has 1 aromatic rings. The highest BCUT2D eigenvalue weighted by Crippen LogP contribution is 1.95. The molecule has 5 N–H and O–H groups in total. The lowest BCUT2D eigenvalue weighted by molar-refractivity contribution is -0.138. The third kappa shape index (κ3) is 6.33. The quantitative estimate of drug-likeness (QED) is 0.519. The monoisotopic (exact) mass is 227 g/mol. The van der Waals surface area contributed by atoms with Crippen LogP contribution in [0.15, 0.2) is 25.2 Å². The van der Waals surface area contributed by atoms with E-state index >= 15 is 0 Å². The first-order valence-electron chi connectivity index (χ1n) is 4.28. The van der Waals surface area contributed by atoms with Crippen LogP contribution >= 0.6 is 0 Å². The molecule has 1 atom stereocenters. The van der Waals surface area contributed by atoms with Crippen molar-refractivity contribution >= 4 is 11.9 Å². The van der Waals surface area contributed by atoms with Gasteiger partial charge in [0.25, 0.3) is 0 Å². The van der Waals surface area contributed by atoms with Crippen LogP contribution < -0.4 is 5.73 Å². The van der Waals surface area contributed by atoms with Gasteiger partial charge in [0.2, 0.25) is 0 Å². The van der Waals surface area contributed by atoms with Crippen LogP contribution in [0.25, 0.3) is 0 Å². The van der Waals surface area contributed by atoms with E-state index in [1.54, 1.807) is 6.20 Å². The number of aliphatic carboxylic acids is 2. The van der Waals surface area contributed by atoms with E-state index in [0.29, 0.717) is 0 Å². The van der Waals surface area contributed by atoms with Crippen molar-refractivity contribution in [2.75, 3.05) is 0 Å². The molecule has 0 radical (unpaired) electrons. The lowest BCUT2D eigenvalue weighted by Gasteiger charge is -2.02. The highest BCUT2D eigenvalue weighted by molar-refractivity contribution is 5.78. The molecular weight excluding hydrogens is 214 g/mol. The smallest absolute Gasteiger partial charge is 0.327 e. The maximum Gasteiger partial charge on any atom is 0.327 e. The molecule has 1 heterocycles. The highest BCUT2D eigenvalue weighted by atomic mass is 16.4. The van der Waals surface area contributed by atoms with E-state index in [-0.39, 0.29) is 6.42 Å². The summed E-state index contributed by atoms with van der Waals surface area (Å²) in [7, 11) is 0. The van der Waals surface area contributed by atoms with Crippen molar-refractivity contribution in [1.29, 1.82) is 0 Å². The summed E-state index contributed by atoms with van der Waals surface area (Å²) in [5, 5.41) is 16.0. The van der Waals surface area contributed by atoms with Gasteiger partial charge >= 0.3 is 11.9 Å². The van der Waals surface area contributed by atoms with Crippen LogP contribution in [0.3, 0.4) is 0 Å². The minimum Gasteiger partial charge on any atom is -0.480 e. The Morgan fingerprint density at radius 1 is 1.62 bits per heavy atom. The number of aromatic amines is 1. The van der Waals surface area contributed by atoms with Crippen molar-refractivity contribution in [3.8, 4) is 0 Å². The molecule has 88 valence electrons. The number of aromatic nitrogens is 2. The Labute approximate surface area is 91.6 Å². The second-order valence-electron chi connectivity index (χ2n) is 2.77. The summed E-state index contributed by atoms with van der Waals surface area (Å²) in [5.74, 6) is -1.98. The summed E-state index contributed by atoms with van der Waals surface area (Å²) >= 11 is 0. The van der Waals surface area contributed by atoms with Gasteiger partial charge in [-0.25, -0.2) is 9.78 Å². The Kier molecular flexibility index (Phi) is 6.22. The first-order valence-corrected chi connectivity index (χ1v) is 4.28. The van der Waals surface area contributed by atoms with Crippen molar-refractivity contribution in [1.82, 2.24) is 9.97 Å². The molecule has 0 aliphatic rings. The van der Waals surface area contributed by atoms with Crippen molar-refractivity contribution in [3.05, 3.63) is 30.9 Å². The minimum absolute atomic E-state index is 0.287. The van der Waals surface area contributed by atoms with Gasteiger partial charge in [-0.15, -0.1) is 0 Å². The van der Waals surface area contributed by atoms with Crippen molar-refractivity contribution in [2.24, 2.45) is 5.73 Å². The first-order chi connectivity index (χ1) is 7.47. The van der Waals surface area contributed by atoms with Crippen molar-refractivity contribution in [2.45, 2.75) is 12.5 Å². The summed E-state index contributed by atoms with van der Waals surface area (Å²) < 4.78 is 0. The Balaban J connectivity index is 0.000000385. The molecule has 0 fully saturated rings. The summed E-state index contributed by atoms with van der Waals surface area (Å²) in [6, 6.07) is -0.851. The van der Waals surface area contributed by atoms with E-state index in [9.17, 15) is 9.59 Å². The Morgan fingerprint density at radius 2 is 2.19 bits per heavy atom. The molecule has 16 heavy (non-hydrogen) atoms.